The molecule has 0 radical (unpaired) electrons. The molecule has 1 atom stereocenters. The highest BCUT2D eigenvalue weighted by Crippen LogP contribution is 2.26. The quantitative estimate of drug-likeness (QED) is 0.481. The first kappa shape index (κ1) is 10.7. The van der Waals surface area contributed by atoms with E-state index in [1.165, 1.54) is 6.07 Å². The summed E-state index contributed by atoms with van der Waals surface area (Å²) in [6.07, 6.45) is 7.28. The van der Waals surface area contributed by atoms with Crippen molar-refractivity contribution in [2.24, 2.45) is 0 Å². The van der Waals surface area contributed by atoms with Gasteiger partial charge in [-0.1, -0.05) is 24.3 Å². The van der Waals surface area contributed by atoms with Gasteiger partial charge in [-0.2, -0.15) is 0 Å². The Labute approximate surface area is 94.1 Å². The van der Waals surface area contributed by atoms with E-state index >= 15 is 0 Å². The molecule has 16 heavy (non-hydrogen) atoms. The summed E-state index contributed by atoms with van der Waals surface area (Å²) in [5.41, 5.74) is 0.768. The van der Waals surface area contributed by atoms with Crippen molar-refractivity contribution in [3.8, 4) is 0 Å². The zero-order valence-corrected chi connectivity index (χ0v) is 8.93. The van der Waals surface area contributed by atoms with E-state index < -0.39 is 0 Å². The summed E-state index contributed by atoms with van der Waals surface area (Å²) in [6, 6.07) is 7.10. The van der Waals surface area contributed by atoms with Crippen LogP contribution in [-0.2, 0) is 0 Å². The number of para-hydroxylation sites is 2. The zero-order chi connectivity index (χ0) is 11.4. The molecule has 1 aliphatic rings. The van der Waals surface area contributed by atoms with Crippen LogP contribution < -0.4 is 5.32 Å². The number of nitro groups is 1. The van der Waals surface area contributed by atoms with E-state index in [4.69, 9.17) is 0 Å². The topological polar surface area (TPSA) is 55.2 Å². The highest BCUT2D eigenvalue weighted by Gasteiger charge is 2.16. The molecule has 0 aliphatic heterocycles. The maximum atomic E-state index is 10.8. The molecule has 84 valence electrons. The molecule has 1 unspecified atom stereocenters. The Morgan fingerprint density at radius 1 is 1.31 bits per heavy atom. The molecule has 1 N–H and O–H groups in total. The Kier molecular flexibility index (Phi) is 3.19. The van der Waals surface area contributed by atoms with E-state index in [0.29, 0.717) is 11.7 Å². The third-order valence-corrected chi connectivity index (χ3v) is 2.73. The normalized spacial score (nSPS) is 19.4. The SMILES string of the molecule is O=[N+]([O-])c1ccccc1NC1CC=CCC1. The average molecular weight is 218 g/mol. The molecule has 1 aromatic carbocycles. The van der Waals surface area contributed by atoms with Crippen LogP contribution in [0, 0.1) is 10.1 Å². The second-order valence-corrected chi connectivity index (χ2v) is 3.90. The van der Waals surface area contributed by atoms with Crippen molar-refractivity contribution >= 4 is 11.4 Å². The first-order valence-corrected chi connectivity index (χ1v) is 5.42. The van der Waals surface area contributed by atoms with Crippen molar-refractivity contribution in [3.63, 3.8) is 0 Å². The third kappa shape index (κ3) is 2.39. The smallest absolute Gasteiger partial charge is 0.292 e. The van der Waals surface area contributed by atoms with Crippen LogP contribution in [0.3, 0.4) is 0 Å². The lowest BCUT2D eigenvalue weighted by atomic mass is 10.0. The van der Waals surface area contributed by atoms with Crippen LogP contribution in [0.25, 0.3) is 0 Å². The number of allylic oxidation sites excluding steroid dienone is 1. The van der Waals surface area contributed by atoms with Crippen molar-refractivity contribution < 1.29 is 4.92 Å². The van der Waals surface area contributed by atoms with Gasteiger partial charge in [0, 0.05) is 12.1 Å². The Morgan fingerprint density at radius 3 is 2.81 bits per heavy atom. The summed E-state index contributed by atoms with van der Waals surface area (Å²) >= 11 is 0. The van der Waals surface area contributed by atoms with Crippen LogP contribution in [0.4, 0.5) is 11.4 Å². The van der Waals surface area contributed by atoms with Gasteiger partial charge in [-0.05, 0) is 25.3 Å². The van der Waals surface area contributed by atoms with Crippen molar-refractivity contribution in [3.05, 3.63) is 46.5 Å². The lowest BCUT2D eigenvalue weighted by Crippen LogP contribution is -2.20. The summed E-state index contributed by atoms with van der Waals surface area (Å²) in [7, 11) is 0. The molecule has 1 aromatic rings. The Bertz CT molecular complexity index is 415. The van der Waals surface area contributed by atoms with Gasteiger partial charge in [0.15, 0.2) is 0 Å². The Hall–Kier alpha value is -1.84. The molecule has 0 fully saturated rings. The van der Waals surface area contributed by atoms with Gasteiger partial charge in [-0.15, -0.1) is 0 Å². The predicted octanol–water partition coefficient (Wildman–Crippen LogP) is 3.12. The minimum Gasteiger partial charge on any atom is -0.376 e. The maximum Gasteiger partial charge on any atom is 0.292 e. The van der Waals surface area contributed by atoms with E-state index in [1.807, 2.05) is 6.07 Å². The lowest BCUT2D eigenvalue weighted by molar-refractivity contribution is -0.384. The number of nitro benzene ring substituents is 1. The fourth-order valence-electron chi connectivity index (χ4n) is 1.90. The fourth-order valence-corrected chi connectivity index (χ4v) is 1.90. The number of rotatable bonds is 3. The predicted molar refractivity (Wildman–Crippen MR) is 63.5 cm³/mol. The van der Waals surface area contributed by atoms with Crippen LogP contribution in [-0.4, -0.2) is 11.0 Å². The van der Waals surface area contributed by atoms with Crippen molar-refractivity contribution in [2.45, 2.75) is 25.3 Å². The molecule has 0 bridgehead atoms. The van der Waals surface area contributed by atoms with Crippen LogP contribution in [0.2, 0.25) is 0 Å². The van der Waals surface area contributed by atoms with Crippen LogP contribution in [0.15, 0.2) is 36.4 Å². The largest absolute Gasteiger partial charge is 0.376 e. The summed E-state index contributed by atoms with van der Waals surface area (Å²) in [5.74, 6) is 0. The average Bonchev–Trinajstić information content (AvgIpc) is 2.31. The van der Waals surface area contributed by atoms with Gasteiger partial charge in [0.05, 0.1) is 4.92 Å². The minimum atomic E-state index is -0.346. The molecular weight excluding hydrogens is 204 g/mol. The van der Waals surface area contributed by atoms with E-state index in [2.05, 4.69) is 17.5 Å². The van der Waals surface area contributed by atoms with Crippen molar-refractivity contribution in [2.75, 3.05) is 5.32 Å². The van der Waals surface area contributed by atoms with E-state index in [-0.39, 0.29) is 10.6 Å². The van der Waals surface area contributed by atoms with E-state index in [1.54, 1.807) is 12.1 Å². The fraction of sp³-hybridized carbons (Fsp3) is 0.333. The summed E-state index contributed by atoms with van der Waals surface area (Å²) < 4.78 is 0. The van der Waals surface area contributed by atoms with Crippen LogP contribution >= 0.6 is 0 Å². The summed E-state index contributed by atoms with van der Waals surface area (Å²) in [5, 5.41) is 14.1. The van der Waals surface area contributed by atoms with E-state index in [9.17, 15) is 10.1 Å². The summed E-state index contributed by atoms with van der Waals surface area (Å²) in [4.78, 5) is 10.5. The molecule has 2 rings (SSSR count). The van der Waals surface area contributed by atoms with Gasteiger partial charge in [-0.25, -0.2) is 0 Å². The third-order valence-electron chi connectivity index (χ3n) is 2.73. The van der Waals surface area contributed by atoms with Crippen LogP contribution in [0.1, 0.15) is 19.3 Å². The molecule has 1 aliphatic carbocycles. The first-order chi connectivity index (χ1) is 7.77. The van der Waals surface area contributed by atoms with Gasteiger partial charge in [0.25, 0.3) is 5.69 Å². The first-order valence-electron chi connectivity index (χ1n) is 5.42. The van der Waals surface area contributed by atoms with Crippen molar-refractivity contribution in [1.29, 1.82) is 0 Å². The number of nitrogens with one attached hydrogen (secondary N) is 1. The maximum absolute atomic E-state index is 10.8. The number of anilines is 1. The monoisotopic (exact) mass is 218 g/mol. The molecule has 4 heteroatoms. The van der Waals surface area contributed by atoms with Gasteiger partial charge in [-0.3, -0.25) is 10.1 Å². The lowest BCUT2D eigenvalue weighted by Gasteiger charge is -2.20. The van der Waals surface area contributed by atoms with Crippen LogP contribution in [0.5, 0.6) is 0 Å². The van der Waals surface area contributed by atoms with E-state index in [0.717, 1.165) is 19.3 Å². The van der Waals surface area contributed by atoms with Gasteiger partial charge in [0.2, 0.25) is 0 Å². The van der Waals surface area contributed by atoms with Gasteiger partial charge >= 0.3 is 0 Å². The second-order valence-electron chi connectivity index (χ2n) is 3.90. The van der Waals surface area contributed by atoms with Gasteiger partial charge in [0.1, 0.15) is 5.69 Å². The highest BCUT2D eigenvalue weighted by molar-refractivity contribution is 5.61. The van der Waals surface area contributed by atoms with Crippen molar-refractivity contribution in [1.82, 2.24) is 0 Å². The van der Waals surface area contributed by atoms with Gasteiger partial charge < -0.3 is 5.32 Å². The Balaban J connectivity index is 2.14. The molecule has 0 spiro atoms. The second kappa shape index (κ2) is 4.79. The highest BCUT2D eigenvalue weighted by atomic mass is 16.6. The zero-order valence-electron chi connectivity index (χ0n) is 8.93. The standard InChI is InChI=1S/C12H14N2O2/c15-14(16)12-9-5-4-8-11(12)13-10-6-2-1-3-7-10/h1-2,4-5,8-10,13H,3,6-7H2. The number of benzene rings is 1. The minimum absolute atomic E-state index is 0.150. The Morgan fingerprint density at radius 2 is 2.12 bits per heavy atom. The number of hydrogen-bond donors (Lipinski definition) is 1. The summed E-state index contributed by atoms with van der Waals surface area (Å²) in [6.45, 7) is 0. The molecular formula is C12H14N2O2. The molecule has 0 saturated carbocycles. The molecule has 0 heterocycles. The molecule has 0 saturated heterocycles. The molecule has 0 amide bonds. The molecule has 4 nitrogen and oxygen atoms in total. The molecule has 0 aromatic heterocycles. The number of hydrogen-bond acceptors (Lipinski definition) is 3. The number of nitrogens with zero attached hydrogens (tertiary/aromatic N) is 1.